The first kappa shape index (κ1) is 18.2. The zero-order valence-electron chi connectivity index (χ0n) is 13.5. The molecule has 0 atom stereocenters. The van der Waals surface area contributed by atoms with Crippen molar-refractivity contribution in [3.05, 3.63) is 58.6 Å². The number of primary sulfonamides is 1. The highest BCUT2D eigenvalue weighted by Crippen LogP contribution is 2.38. The van der Waals surface area contributed by atoms with Gasteiger partial charge in [0.05, 0.1) is 15.9 Å². The Morgan fingerprint density at radius 1 is 0.963 bits per heavy atom. The van der Waals surface area contributed by atoms with Gasteiger partial charge < -0.3 is 10.2 Å². The number of non-ortho nitro benzene ring substituents is 1. The molecule has 0 aliphatic carbocycles. The quantitative estimate of drug-likeness (QED) is 0.352. The van der Waals surface area contributed by atoms with Crippen LogP contribution in [0, 0.1) is 10.1 Å². The molecule has 27 heavy (non-hydrogen) atoms. The average Bonchev–Trinajstić information content (AvgIpc) is 2.60. The monoisotopic (exact) mass is 388 g/mol. The number of hydrogen-bond acceptors (Lipinski definition) is 8. The first-order valence-corrected chi connectivity index (χ1v) is 8.89. The van der Waals surface area contributed by atoms with Crippen LogP contribution in [-0.4, -0.2) is 23.6 Å². The SMILES string of the molecule is NS(=O)(=O)c1ccc2c(N=Nc3ccc([N+](=O)[O-])cc3O)c(O)ccc2c1. The molecule has 3 rings (SSSR count). The second kappa shape index (κ2) is 6.63. The fraction of sp³-hybridized carbons (Fsp3) is 0. The lowest BCUT2D eigenvalue weighted by Gasteiger charge is -2.06. The van der Waals surface area contributed by atoms with Crippen LogP contribution in [0.2, 0.25) is 0 Å². The molecule has 0 aliphatic rings. The van der Waals surface area contributed by atoms with Gasteiger partial charge in [0.15, 0.2) is 0 Å². The molecule has 0 saturated carbocycles. The van der Waals surface area contributed by atoms with Crippen molar-refractivity contribution in [2.24, 2.45) is 15.4 Å². The van der Waals surface area contributed by atoms with E-state index >= 15 is 0 Å². The van der Waals surface area contributed by atoms with Crippen molar-refractivity contribution in [3.63, 3.8) is 0 Å². The topological polar surface area (TPSA) is 168 Å². The number of nitrogens with two attached hydrogens (primary N) is 1. The van der Waals surface area contributed by atoms with Crippen LogP contribution in [0.15, 0.2) is 63.7 Å². The Labute approximate surface area is 152 Å². The summed E-state index contributed by atoms with van der Waals surface area (Å²) in [6.45, 7) is 0. The van der Waals surface area contributed by atoms with E-state index in [0.717, 1.165) is 12.1 Å². The van der Waals surface area contributed by atoms with Crippen LogP contribution in [0.3, 0.4) is 0 Å². The van der Waals surface area contributed by atoms with Crippen molar-refractivity contribution in [2.75, 3.05) is 0 Å². The molecular formula is C16H12N4O6S. The number of aromatic hydroxyl groups is 2. The Hall–Kier alpha value is -3.57. The third-order valence-electron chi connectivity index (χ3n) is 3.70. The molecule has 0 unspecified atom stereocenters. The largest absolute Gasteiger partial charge is 0.506 e. The average molecular weight is 388 g/mol. The standard InChI is InChI=1S/C16H12N4O6S/c17-27(25,26)11-3-4-12-9(7-11)1-6-14(21)16(12)19-18-13-5-2-10(20(23)24)8-15(13)22/h1-8,21-22H,(H2,17,25,26). The lowest BCUT2D eigenvalue weighted by molar-refractivity contribution is -0.384. The maximum absolute atomic E-state index is 11.5. The van der Waals surface area contributed by atoms with Crippen LogP contribution in [0.5, 0.6) is 11.5 Å². The van der Waals surface area contributed by atoms with Gasteiger partial charge >= 0.3 is 0 Å². The van der Waals surface area contributed by atoms with E-state index < -0.39 is 20.7 Å². The van der Waals surface area contributed by atoms with E-state index in [1.165, 1.54) is 36.4 Å². The summed E-state index contributed by atoms with van der Waals surface area (Å²) in [4.78, 5) is 9.92. The van der Waals surface area contributed by atoms with Gasteiger partial charge in [-0.1, -0.05) is 12.1 Å². The van der Waals surface area contributed by atoms with E-state index in [1.807, 2.05) is 0 Å². The summed E-state index contributed by atoms with van der Waals surface area (Å²) in [6.07, 6.45) is 0. The highest BCUT2D eigenvalue weighted by atomic mass is 32.2. The van der Waals surface area contributed by atoms with Gasteiger partial charge in [0.25, 0.3) is 5.69 Å². The number of benzene rings is 3. The minimum absolute atomic E-state index is 0.0335. The number of nitrogens with zero attached hydrogens (tertiary/aromatic N) is 3. The maximum Gasteiger partial charge on any atom is 0.273 e. The molecule has 0 heterocycles. The van der Waals surface area contributed by atoms with Crippen LogP contribution in [0.4, 0.5) is 17.1 Å². The lowest BCUT2D eigenvalue weighted by atomic mass is 10.1. The molecule has 138 valence electrons. The first-order chi connectivity index (χ1) is 12.7. The second-order valence-electron chi connectivity index (χ2n) is 5.49. The first-order valence-electron chi connectivity index (χ1n) is 7.34. The highest BCUT2D eigenvalue weighted by molar-refractivity contribution is 7.89. The Bertz CT molecular complexity index is 1210. The van der Waals surface area contributed by atoms with E-state index in [-0.39, 0.29) is 27.7 Å². The number of rotatable bonds is 4. The van der Waals surface area contributed by atoms with Crippen LogP contribution in [-0.2, 0) is 10.0 Å². The van der Waals surface area contributed by atoms with Gasteiger partial charge in [-0.25, -0.2) is 13.6 Å². The minimum Gasteiger partial charge on any atom is -0.506 e. The number of hydrogen-bond donors (Lipinski definition) is 3. The summed E-state index contributed by atoms with van der Waals surface area (Å²) in [5.74, 6) is -0.680. The molecule has 3 aromatic rings. The van der Waals surface area contributed by atoms with E-state index in [4.69, 9.17) is 5.14 Å². The van der Waals surface area contributed by atoms with E-state index in [1.54, 1.807) is 0 Å². The van der Waals surface area contributed by atoms with Gasteiger partial charge in [-0.15, -0.1) is 10.2 Å². The van der Waals surface area contributed by atoms with Gasteiger partial charge in [-0.3, -0.25) is 10.1 Å². The predicted octanol–water partition coefficient (Wildman–Crippen LogP) is 3.22. The molecule has 0 radical (unpaired) electrons. The highest BCUT2D eigenvalue weighted by Gasteiger charge is 2.13. The number of phenolic OH excluding ortho intramolecular Hbond substituents is 2. The zero-order valence-corrected chi connectivity index (χ0v) is 14.3. The molecule has 3 aromatic carbocycles. The summed E-state index contributed by atoms with van der Waals surface area (Å²) in [6, 6.07) is 10.1. The van der Waals surface area contributed by atoms with Gasteiger partial charge in [-0.05, 0) is 29.7 Å². The van der Waals surface area contributed by atoms with Gasteiger partial charge in [-0.2, -0.15) is 0 Å². The summed E-state index contributed by atoms with van der Waals surface area (Å²) in [5.41, 5.74) is -0.320. The maximum atomic E-state index is 11.5. The molecule has 0 spiro atoms. The van der Waals surface area contributed by atoms with E-state index in [2.05, 4.69) is 10.2 Å². The third-order valence-corrected chi connectivity index (χ3v) is 4.61. The van der Waals surface area contributed by atoms with Crippen molar-refractivity contribution in [3.8, 4) is 11.5 Å². The molecule has 0 aliphatic heterocycles. The summed E-state index contributed by atoms with van der Waals surface area (Å²) >= 11 is 0. The Morgan fingerprint density at radius 2 is 1.70 bits per heavy atom. The summed E-state index contributed by atoms with van der Waals surface area (Å²) < 4.78 is 22.9. The molecule has 0 saturated heterocycles. The Kier molecular flexibility index (Phi) is 4.47. The summed E-state index contributed by atoms with van der Waals surface area (Å²) in [5, 5.41) is 44.2. The van der Waals surface area contributed by atoms with Gasteiger partial charge in [0.1, 0.15) is 22.9 Å². The van der Waals surface area contributed by atoms with Crippen molar-refractivity contribution < 1.29 is 23.6 Å². The third kappa shape index (κ3) is 3.68. The van der Waals surface area contributed by atoms with Crippen LogP contribution < -0.4 is 5.14 Å². The molecule has 0 amide bonds. The van der Waals surface area contributed by atoms with Crippen molar-refractivity contribution in [2.45, 2.75) is 4.90 Å². The Morgan fingerprint density at radius 3 is 2.33 bits per heavy atom. The number of nitro benzene ring substituents is 1. The fourth-order valence-electron chi connectivity index (χ4n) is 2.38. The smallest absolute Gasteiger partial charge is 0.273 e. The van der Waals surface area contributed by atoms with Crippen LogP contribution in [0.25, 0.3) is 10.8 Å². The molecule has 10 nitrogen and oxygen atoms in total. The van der Waals surface area contributed by atoms with E-state index in [9.17, 15) is 28.7 Å². The molecule has 0 bridgehead atoms. The normalized spacial score (nSPS) is 11.9. The number of phenols is 2. The van der Waals surface area contributed by atoms with Crippen molar-refractivity contribution >= 4 is 37.9 Å². The van der Waals surface area contributed by atoms with Gasteiger partial charge in [0, 0.05) is 11.5 Å². The molecule has 0 fully saturated rings. The number of nitro groups is 1. The van der Waals surface area contributed by atoms with Crippen molar-refractivity contribution in [1.29, 1.82) is 0 Å². The van der Waals surface area contributed by atoms with Crippen molar-refractivity contribution in [1.82, 2.24) is 0 Å². The number of azo groups is 1. The zero-order chi connectivity index (χ0) is 19.8. The predicted molar refractivity (Wildman–Crippen MR) is 95.9 cm³/mol. The minimum atomic E-state index is -3.89. The Balaban J connectivity index is 2.08. The lowest BCUT2D eigenvalue weighted by Crippen LogP contribution is -2.11. The molecule has 0 aromatic heterocycles. The van der Waals surface area contributed by atoms with Gasteiger partial charge in [0.2, 0.25) is 10.0 Å². The summed E-state index contributed by atoms with van der Waals surface area (Å²) in [7, 11) is -3.89. The molecular weight excluding hydrogens is 376 g/mol. The van der Waals surface area contributed by atoms with E-state index in [0.29, 0.717) is 10.8 Å². The number of sulfonamides is 1. The molecule has 11 heteroatoms. The van der Waals surface area contributed by atoms with Crippen LogP contribution in [0.1, 0.15) is 0 Å². The second-order valence-corrected chi connectivity index (χ2v) is 7.05. The molecule has 4 N–H and O–H groups in total. The number of fused-ring (bicyclic) bond motifs is 1. The van der Waals surface area contributed by atoms with Crippen LogP contribution >= 0.6 is 0 Å². The fourth-order valence-corrected chi connectivity index (χ4v) is 2.92.